The summed E-state index contributed by atoms with van der Waals surface area (Å²) in [6.45, 7) is 5.07. The lowest BCUT2D eigenvalue weighted by molar-refractivity contribution is -0.117. The second-order valence-electron chi connectivity index (χ2n) is 9.90. The van der Waals surface area contributed by atoms with Gasteiger partial charge in [0.1, 0.15) is 19.0 Å². The number of dihydropyridines is 1. The molecular formula is C31H35BrN2O5. The molecule has 7 nitrogen and oxygen atoms in total. The fourth-order valence-corrected chi connectivity index (χ4v) is 5.94. The number of ether oxygens (including phenoxy) is 4. The molecule has 2 aromatic carbocycles. The predicted octanol–water partition coefficient (Wildman–Crippen LogP) is 6.58. The van der Waals surface area contributed by atoms with Crippen molar-refractivity contribution in [2.24, 2.45) is 5.92 Å². The average Bonchev–Trinajstić information content (AvgIpc) is 2.92. The maximum Gasteiger partial charge on any atom is 0.175 e. The normalized spacial score (nSPS) is 18.8. The van der Waals surface area contributed by atoms with Gasteiger partial charge in [0.25, 0.3) is 0 Å². The minimum Gasteiger partial charge on any atom is -0.497 e. The fraction of sp³-hybridized carbons (Fsp3) is 0.419. The third-order valence-electron chi connectivity index (χ3n) is 7.16. The molecule has 0 saturated heterocycles. The maximum atomic E-state index is 13.5. The molecule has 2 atom stereocenters. The van der Waals surface area contributed by atoms with E-state index in [-0.39, 0.29) is 5.78 Å². The Balaban J connectivity index is 1.74. The molecular weight excluding hydrogens is 560 g/mol. The highest BCUT2D eigenvalue weighted by atomic mass is 79.9. The number of ketones is 1. The van der Waals surface area contributed by atoms with Crippen LogP contribution in [0.5, 0.6) is 17.2 Å². The van der Waals surface area contributed by atoms with Crippen molar-refractivity contribution < 1.29 is 23.7 Å². The van der Waals surface area contributed by atoms with E-state index < -0.39 is 5.92 Å². The Morgan fingerprint density at radius 2 is 1.95 bits per heavy atom. The first kappa shape index (κ1) is 28.7. The second kappa shape index (κ2) is 13.2. The summed E-state index contributed by atoms with van der Waals surface area (Å²) in [6.07, 6.45) is 3.35. The lowest BCUT2D eigenvalue weighted by Crippen LogP contribution is -2.34. The van der Waals surface area contributed by atoms with Crippen molar-refractivity contribution in [2.75, 3.05) is 27.4 Å². The van der Waals surface area contributed by atoms with E-state index in [0.717, 1.165) is 47.5 Å². The summed E-state index contributed by atoms with van der Waals surface area (Å²) in [7, 11) is 3.25. The molecule has 4 rings (SSSR count). The van der Waals surface area contributed by atoms with E-state index in [2.05, 4.69) is 34.2 Å². The van der Waals surface area contributed by atoms with Crippen LogP contribution >= 0.6 is 15.9 Å². The van der Waals surface area contributed by atoms with Crippen LogP contribution in [-0.4, -0.2) is 33.2 Å². The second-order valence-corrected chi connectivity index (χ2v) is 10.8. The number of carbonyl (C=O) groups excluding carboxylic acids is 1. The number of Topliss-reactive ketones (excluding diaryl/α,β-unsaturated/α-hetero) is 1. The minimum atomic E-state index is -0.477. The van der Waals surface area contributed by atoms with E-state index in [9.17, 15) is 10.1 Å². The number of nitrogens with zero attached hydrogens (tertiary/aromatic N) is 1. The van der Waals surface area contributed by atoms with E-state index >= 15 is 0 Å². The van der Waals surface area contributed by atoms with Crippen LogP contribution in [0.15, 0.2) is 63.4 Å². The van der Waals surface area contributed by atoms with Crippen LogP contribution < -0.4 is 19.5 Å². The molecule has 1 aliphatic heterocycles. The third-order valence-corrected chi connectivity index (χ3v) is 7.75. The van der Waals surface area contributed by atoms with Crippen molar-refractivity contribution >= 4 is 21.7 Å². The number of benzene rings is 2. The highest BCUT2D eigenvalue weighted by Crippen LogP contribution is 2.47. The quantitative estimate of drug-likeness (QED) is 0.294. The monoisotopic (exact) mass is 594 g/mol. The molecule has 2 unspecified atom stereocenters. The summed E-state index contributed by atoms with van der Waals surface area (Å²) in [5.41, 5.74) is 4.68. The van der Waals surface area contributed by atoms with Gasteiger partial charge in [-0.3, -0.25) is 4.79 Å². The first-order valence-electron chi connectivity index (χ1n) is 13.2. The topological polar surface area (TPSA) is 89.8 Å². The Morgan fingerprint density at radius 1 is 1.13 bits per heavy atom. The van der Waals surface area contributed by atoms with E-state index in [0.29, 0.717) is 59.3 Å². The number of nitrogens with one attached hydrogen (secondary N) is 1. The predicted molar refractivity (Wildman–Crippen MR) is 153 cm³/mol. The highest BCUT2D eigenvalue weighted by molar-refractivity contribution is 9.10. The van der Waals surface area contributed by atoms with Gasteiger partial charge in [0.15, 0.2) is 17.3 Å². The van der Waals surface area contributed by atoms with Gasteiger partial charge >= 0.3 is 0 Å². The molecule has 0 saturated carbocycles. The Labute approximate surface area is 238 Å². The van der Waals surface area contributed by atoms with Crippen molar-refractivity contribution in [1.82, 2.24) is 5.32 Å². The van der Waals surface area contributed by atoms with Gasteiger partial charge in [-0.15, -0.1) is 0 Å². The van der Waals surface area contributed by atoms with Crippen LogP contribution in [0, 0.1) is 17.2 Å². The zero-order valence-corrected chi connectivity index (χ0v) is 24.5. The number of hydrogen-bond acceptors (Lipinski definition) is 7. The standard InChI is InChI=1S/C31H35BrN2O5/c1-5-7-20-13-26-30(27(35)14-20)29(24(17-33)19(2)34-26)22-15-25(32)31(28(16-22)38-11-10-36-3)39-18-21-8-6-9-23(12-21)37-4/h6,8-9,12,15-16,20,29,34H,5,7,10-11,13-14,18H2,1-4H3. The smallest absolute Gasteiger partial charge is 0.175 e. The van der Waals surface area contributed by atoms with E-state index in [1.165, 1.54) is 0 Å². The molecule has 0 amide bonds. The van der Waals surface area contributed by atoms with Crippen LogP contribution in [0.25, 0.3) is 0 Å². The molecule has 206 valence electrons. The van der Waals surface area contributed by atoms with Gasteiger partial charge in [-0.2, -0.15) is 5.26 Å². The van der Waals surface area contributed by atoms with Gasteiger partial charge in [-0.1, -0.05) is 25.5 Å². The van der Waals surface area contributed by atoms with Gasteiger partial charge in [-0.25, -0.2) is 0 Å². The number of allylic oxidation sites excluding steroid dienone is 4. The van der Waals surface area contributed by atoms with E-state index in [4.69, 9.17) is 18.9 Å². The van der Waals surface area contributed by atoms with Crippen LogP contribution in [0.2, 0.25) is 0 Å². The van der Waals surface area contributed by atoms with Gasteiger partial charge < -0.3 is 24.3 Å². The average molecular weight is 596 g/mol. The molecule has 1 heterocycles. The summed E-state index contributed by atoms with van der Waals surface area (Å²) in [5, 5.41) is 13.5. The molecule has 1 N–H and O–H groups in total. The molecule has 8 heteroatoms. The van der Waals surface area contributed by atoms with E-state index in [1.807, 2.05) is 43.3 Å². The Bertz CT molecular complexity index is 1330. The summed E-state index contributed by atoms with van der Waals surface area (Å²) in [5.74, 6) is 1.75. The largest absolute Gasteiger partial charge is 0.497 e. The number of carbonyl (C=O) groups is 1. The van der Waals surface area contributed by atoms with E-state index in [1.54, 1.807) is 14.2 Å². The van der Waals surface area contributed by atoms with Crippen LogP contribution in [0.4, 0.5) is 0 Å². The molecule has 0 bridgehead atoms. The first-order chi connectivity index (χ1) is 18.9. The molecule has 0 fully saturated rings. The number of rotatable bonds is 11. The Hall–Kier alpha value is -3.28. The molecule has 0 aromatic heterocycles. The molecule has 1 aliphatic carbocycles. The van der Waals surface area contributed by atoms with Crippen LogP contribution in [0.1, 0.15) is 56.6 Å². The number of nitriles is 1. The van der Waals surface area contributed by atoms with Gasteiger partial charge in [0.05, 0.1) is 35.7 Å². The highest BCUT2D eigenvalue weighted by Gasteiger charge is 2.39. The molecule has 0 spiro atoms. The fourth-order valence-electron chi connectivity index (χ4n) is 5.37. The van der Waals surface area contributed by atoms with Crippen LogP contribution in [0.3, 0.4) is 0 Å². The van der Waals surface area contributed by atoms with Gasteiger partial charge in [-0.05, 0) is 77.0 Å². The number of hydrogen-bond donors (Lipinski definition) is 1. The third kappa shape index (κ3) is 6.48. The Kier molecular flexibility index (Phi) is 9.71. The van der Waals surface area contributed by atoms with Crippen molar-refractivity contribution in [3.05, 3.63) is 74.5 Å². The van der Waals surface area contributed by atoms with Crippen molar-refractivity contribution in [3.63, 3.8) is 0 Å². The zero-order chi connectivity index (χ0) is 27.9. The van der Waals surface area contributed by atoms with Crippen molar-refractivity contribution in [1.29, 1.82) is 5.26 Å². The lowest BCUT2D eigenvalue weighted by Gasteiger charge is -2.35. The zero-order valence-electron chi connectivity index (χ0n) is 22.9. The van der Waals surface area contributed by atoms with Gasteiger partial charge in [0, 0.05) is 30.5 Å². The van der Waals surface area contributed by atoms with Crippen molar-refractivity contribution in [3.8, 4) is 23.3 Å². The molecule has 39 heavy (non-hydrogen) atoms. The minimum absolute atomic E-state index is 0.101. The molecule has 2 aromatic rings. The summed E-state index contributed by atoms with van der Waals surface area (Å²) in [4.78, 5) is 13.5. The Morgan fingerprint density at radius 3 is 2.67 bits per heavy atom. The summed E-state index contributed by atoms with van der Waals surface area (Å²) < 4.78 is 23.6. The summed E-state index contributed by atoms with van der Waals surface area (Å²) in [6, 6.07) is 13.9. The molecule has 0 radical (unpaired) electrons. The van der Waals surface area contributed by atoms with Crippen LogP contribution in [-0.2, 0) is 16.1 Å². The SMILES string of the molecule is CCCC1CC(=O)C2=C(C1)NC(C)=C(C#N)C2c1cc(Br)c(OCc2cccc(OC)c2)c(OCCOC)c1. The number of halogens is 1. The number of methoxy groups -OCH3 is 2. The van der Waals surface area contributed by atoms with Crippen molar-refractivity contribution in [2.45, 2.75) is 52.1 Å². The molecule has 2 aliphatic rings. The lowest BCUT2D eigenvalue weighted by atomic mass is 9.72. The maximum absolute atomic E-state index is 13.5. The summed E-state index contributed by atoms with van der Waals surface area (Å²) >= 11 is 3.69. The van der Waals surface area contributed by atoms with Gasteiger partial charge in [0.2, 0.25) is 0 Å². The first-order valence-corrected chi connectivity index (χ1v) is 14.0.